The predicted octanol–water partition coefficient (Wildman–Crippen LogP) is 2.74. The lowest BCUT2D eigenvalue weighted by molar-refractivity contribution is -0.197. The number of nitrogens with zero attached hydrogens (tertiary/aromatic N) is 2. The second-order valence-electron chi connectivity index (χ2n) is 8.48. The summed E-state index contributed by atoms with van der Waals surface area (Å²) >= 11 is 0. The van der Waals surface area contributed by atoms with E-state index in [1.807, 2.05) is 60.7 Å². The predicted molar refractivity (Wildman–Crippen MR) is 129 cm³/mol. The number of para-hydroxylation sites is 1. The molecule has 0 bridgehead atoms. The molecule has 188 valence electrons. The molecule has 0 radical (unpaired) electrons. The maximum absolute atomic E-state index is 13.2. The number of hydrogen-bond donors (Lipinski definition) is 1. The topological polar surface area (TPSA) is 138 Å². The van der Waals surface area contributed by atoms with Gasteiger partial charge in [-0.05, 0) is 35.6 Å². The van der Waals surface area contributed by atoms with Gasteiger partial charge in [-0.3, -0.25) is 18.9 Å². The lowest BCUT2D eigenvalue weighted by Crippen LogP contribution is -2.36. The molecular formula is C25H24N2O8S. The number of unbranched alkanes of at least 4 members (excludes halogenated alkanes) is 1. The first-order valence-electron chi connectivity index (χ1n) is 11.3. The quantitative estimate of drug-likeness (QED) is 0.340. The van der Waals surface area contributed by atoms with E-state index in [0.717, 1.165) is 22.4 Å². The highest BCUT2D eigenvalue weighted by Crippen LogP contribution is 2.29. The van der Waals surface area contributed by atoms with E-state index < -0.39 is 39.6 Å². The zero-order valence-corrected chi connectivity index (χ0v) is 20.0. The molecule has 0 aromatic heterocycles. The SMILES string of the molecule is O=C(CCCCC(=O)N1Cc2ccccc2/C=C\c2ccccc21)ON1C(=O)CC(S(=O)(=O)O)C1=O. The van der Waals surface area contributed by atoms with Crippen LogP contribution in [0.3, 0.4) is 0 Å². The number of benzene rings is 2. The number of anilines is 1. The number of rotatable bonds is 7. The number of carbonyl (C=O) groups is 4. The Kier molecular flexibility index (Phi) is 7.32. The number of imide groups is 1. The lowest BCUT2D eigenvalue weighted by atomic mass is 10.0. The van der Waals surface area contributed by atoms with Crippen molar-refractivity contribution in [3.05, 3.63) is 65.2 Å². The molecule has 2 aliphatic rings. The van der Waals surface area contributed by atoms with Gasteiger partial charge in [0.05, 0.1) is 18.7 Å². The van der Waals surface area contributed by atoms with E-state index in [9.17, 15) is 27.6 Å². The van der Waals surface area contributed by atoms with Gasteiger partial charge in [-0.15, -0.1) is 5.06 Å². The number of hydroxylamine groups is 2. The van der Waals surface area contributed by atoms with Gasteiger partial charge >= 0.3 is 5.97 Å². The second-order valence-corrected chi connectivity index (χ2v) is 10.1. The van der Waals surface area contributed by atoms with Crippen LogP contribution in [-0.2, 0) is 40.7 Å². The first-order valence-corrected chi connectivity index (χ1v) is 12.8. The summed E-state index contributed by atoms with van der Waals surface area (Å²) in [6, 6.07) is 15.4. The summed E-state index contributed by atoms with van der Waals surface area (Å²) in [6.45, 7) is 0.395. The van der Waals surface area contributed by atoms with Crippen molar-refractivity contribution in [2.45, 2.75) is 43.9 Å². The molecule has 1 saturated heterocycles. The largest absolute Gasteiger partial charge is 0.333 e. The Labute approximate surface area is 207 Å². The van der Waals surface area contributed by atoms with E-state index in [0.29, 0.717) is 13.0 Å². The second kappa shape index (κ2) is 10.4. The average Bonchev–Trinajstić information content (AvgIpc) is 3.12. The molecule has 1 fully saturated rings. The Hall–Kier alpha value is -3.83. The molecule has 1 atom stereocenters. The van der Waals surface area contributed by atoms with Gasteiger partial charge in [0.25, 0.3) is 21.9 Å². The van der Waals surface area contributed by atoms with Crippen LogP contribution in [0.25, 0.3) is 12.2 Å². The molecule has 11 heteroatoms. The molecule has 2 heterocycles. The minimum Gasteiger partial charge on any atom is -0.330 e. The molecule has 1 unspecified atom stereocenters. The van der Waals surface area contributed by atoms with Gasteiger partial charge in [0.2, 0.25) is 5.91 Å². The van der Waals surface area contributed by atoms with E-state index in [-0.39, 0.29) is 30.2 Å². The van der Waals surface area contributed by atoms with Crippen LogP contribution in [0.2, 0.25) is 0 Å². The van der Waals surface area contributed by atoms with Crippen molar-refractivity contribution in [2.24, 2.45) is 0 Å². The highest BCUT2D eigenvalue weighted by Gasteiger charge is 2.48. The third kappa shape index (κ3) is 5.52. The summed E-state index contributed by atoms with van der Waals surface area (Å²) in [6.07, 6.45) is 3.75. The first-order chi connectivity index (χ1) is 17.1. The molecule has 1 N–H and O–H groups in total. The molecule has 3 amide bonds. The zero-order valence-electron chi connectivity index (χ0n) is 19.2. The smallest absolute Gasteiger partial charge is 0.330 e. The average molecular weight is 513 g/mol. The van der Waals surface area contributed by atoms with Crippen LogP contribution in [0, 0.1) is 0 Å². The lowest BCUT2D eigenvalue weighted by Gasteiger charge is -2.27. The van der Waals surface area contributed by atoms with Crippen molar-refractivity contribution in [1.29, 1.82) is 0 Å². The Bertz CT molecular complexity index is 1350. The fourth-order valence-electron chi connectivity index (χ4n) is 4.11. The third-order valence-corrected chi connectivity index (χ3v) is 7.08. The van der Waals surface area contributed by atoms with Gasteiger partial charge in [0.15, 0.2) is 5.25 Å². The summed E-state index contributed by atoms with van der Waals surface area (Å²) in [5.74, 6) is -3.38. The molecule has 36 heavy (non-hydrogen) atoms. The minimum atomic E-state index is -4.79. The van der Waals surface area contributed by atoms with Crippen molar-refractivity contribution in [1.82, 2.24) is 5.06 Å². The molecule has 0 aliphatic carbocycles. The molecule has 2 aromatic rings. The van der Waals surface area contributed by atoms with Crippen LogP contribution in [-0.4, -0.2) is 47.0 Å². The Balaban J connectivity index is 1.34. The summed E-state index contributed by atoms with van der Waals surface area (Å²) in [5.41, 5.74) is 3.72. The highest BCUT2D eigenvalue weighted by molar-refractivity contribution is 7.87. The van der Waals surface area contributed by atoms with Crippen LogP contribution in [0.1, 0.15) is 48.8 Å². The highest BCUT2D eigenvalue weighted by atomic mass is 32.2. The van der Waals surface area contributed by atoms with Gasteiger partial charge in [-0.1, -0.05) is 54.6 Å². The standard InChI is InChI=1S/C25H24N2O8S/c28-22(11-5-6-12-24(30)35-27-23(29)15-21(25(27)31)36(32,33)34)26-16-19-9-2-1-7-17(19)13-14-18-8-3-4-10-20(18)26/h1-4,7-10,13-14,21H,5-6,11-12,15-16H2,(H,32,33,34)/b14-13-. The van der Waals surface area contributed by atoms with Gasteiger partial charge in [0.1, 0.15) is 0 Å². The normalized spacial score (nSPS) is 18.2. The molecular weight excluding hydrogens is 488 g/mol. The summed E-state index contributed by atoms with van der Waals surface area (Å²) in [5, 5.41) is -1.90. The van der Waals surface area contributed by atoms with E-state index in [4.69, 9.17) is 9.39 Å². The molecule has 0 spiro atoms. The zero-order chi connectivity index (χ0) is 25.9. The number of fused-ring (bicyclic) bond motifs is 2. The van der Waals surface area contributed by atoms with E-state index in [1.165, 1.54) is 0 Å². The maximum atomic E-state index is 13.2. The van der Waals surface area contributed by atoms with Crippen molar-refractivity contribution >= 4 is 51.6 Å². The van der Waals surface area contributed by atoms with Gasteiger partial charge in [-0.2, -0.15) is 8.42 Å². The molecule has 10 nitrogen and oxygen atoms in total. The fourth-order valence-corrected chi connectivity index (χ4v) is 4.82. The first kappa shape index (κ1) is 25.3. The molecule has 2 aliphatic heterocycles. The summed E-state index contributed by atoms with van der Waals surface area (Å²) < 4.78 is 31.4. The summed E-state index contributed by atoms with van der Waals surface area (Å²) in [7, 11) is -4.79. The van der Waals surface area contributed by atoms with E-state index in [1.54, 1.807) is 4.90 Å². The van der Waals surface area contributed by atoms with Crippen LogP contribution >= 0.6 is 0 Å². The van der Waals surface area contributed by atoms with Crippen LogP contribution < -0.4 is 4.90 Å². The minimum absolute atomic E-state index is 0.0774. The fraction of sp³-hybridized carbons (Fsp3) is 0.280. The van der Waals surface area contributed by atoms with Crippen LogP contribution in [0.4, 0.5) is 5.69 Å². The summed E-state index contributed by atoms with van der Waals surface area (Å²) in [4.78, 5) is 55.5. The molecule has 2 aromatic carbocycles. The van der Waals surface area contributed by atoms with Crippen molar-refractivity contribution in [3.63, 3.8) is 0 Å². The van der Waals surface area contributed by atoms with Gasteiger partial charge < -0.3 is 9.74 Å². The molecule has 4 rings (SSSR count). The number of amides is 3. The number of carbonyl (C=O) groups excluding carboxylic acids is 4. The Morgan fingerprint density at radius 2 is 1.58 bits per heavy atom. The molecule has 0 saturated carbocycles. The van der Waals surface area contributed by atoms with E-state index in [2.05, 4.69) is 0 Å². The van der Waals surface area contributed by atoms with Crippen molar-refractivity contribution in [2.75, 3.05) is 4.90 Å². The van der Waals surface area contributed by atoms with Crippen molar-refractivity contribution < 1.29 is 37.0 Å². The Morgan fingerprint density at radius 1 is 0.944 bits per heavy atom. The van der Waals surface area contributed by atoms with Gasteiger partial charge in [-0.25, -0.2) is 4.79 Å². The van der Waals surface area contributed by atoms with E-state index >= 15 is 0 Å². The van der Waals surface area contributed by atoms with Crippen LogP contribution in [0.15, 0.2) is 48.5 Å². The maximum Gasteiger partial charge on any atom is 0.333 e. The van der Waals surface area contributed by atoms with Crippen LogP contribution in [0.5, 0.6) is 0 Å². The Morgan fingerprint density at radius 3 is 2.31 bits per heavy atom. The number of hydrogen-bond acceptors (Lipinski definition) is 7. The van der Waals surface area contributed by atoms with Crippen molar-refractivity contribution in [3.8, 4) is 0 Å². The monoisotopic (exact) mass is 512 g/mol. The van der Waals surface area contributed by atoms with Gasteiger partial charge in [0, 0.05) is 12.8 Å². The third-order valence-electron chi connectivity index (χ3n) is 5.99.